The summed E-state index contributed by atoms with van der Waals surface area (Å²) in [5.74, 6) is -0.624. The van der Waals surface area contributed by atoms with Crippen molar-refractivity contribution in [3.8, 4) is 0 Å². The van der Waals surface area contributed by atoms with Gasteiger partial charge in [-0.05, 0) is 46.8 Å². The molecule has 0 saturated heterocycles. The van der Waals surface area contributed by atoms with Gasteiger partial charge in [0.25, 0.3) is 0 Å². The first kappa shape index (κ1) is 10.6. The smallest absolute Gasteiger partial charge is 0.339 e. The molecule has 80 valence electrons. The molecule has 0 unspecified atom stereocenters. The molecule has 0 bridgehead atoms. The molecule has 0 amide bonds. The van der Waals surface area contributed by atoms with Crippen LogP contribution in [-0.4, -0.2) is 13.1 Å². The largest absolute Gasteiger partial charge is 0.465 e. The molecular formula is C11H10BrFO2. The number of carbonyl (C=O) groups is 1. The van der Waals surface area contributed by atoms with Crippen LogP contribution in [0.4, 0.5) is 4.39 Å². The summed E-state index contributed by atoms with van der Waals surface area (Å²) in [5, 5.41) is 0. The zero-order valence-electron chi connectivity index (χ0n) is 8.22. The van der Waals surface area contributed by atoms with Crippen molar-refractivity contribution in [3.63, 3.8) is 0 Å². The molecule has 1 fully saturated rings. The van der Waals surface area contributed by atoms with Crippen molar-refractivity contribution in [2.24, 2.45) is 0 Å². The first-order valence-electron chi connectivity index (χ1n) is 4.71. The van der Waals surface area contributed by atoms with Crippen molar-refractivity contribution in [2.45, 2.75) is 18.8 Å². The summed E-state index contributed by atoms with van der Waals surface area (Å²) in [6, 6.07) is 2.91. The average molecular weight is 273 g/mol. The number of carbonyl (C=O) groups excluding carboxylic acids is 1. The summed E-state index contributed by atoms with van der Waals surface area (Å²) in [6.45, 7) is 0. The number of hydrogen-bond acceptors (Lipinski definition) is 2. The van der Waals surface area contributed by atoms with Gasteiger partial charge in [-0.25, -0.2) is 9.18 Å². The molecule has 0 heterocycles. The van der Waals surface area contributed by atoms with E-state index in [1.807, 2.05) is 0 Å². The van der Waals surface area contributed by atoms with E-state index in [1.54, 1.807) is 0 Å². The fraction of sp³-hybridized carbons (Fsp3) is 0.364. The normalized spacial score (nSPS) is 15.1. The Labute approximate surface area is 95.6 Å². The van der Waals surface area contributed by atoms with Gasteiger partial charge in [0.2, 0.25) is 0 Å². The lowest BCUT2D eigenvalue weighted by molar-refractivity contribution is 0.0597. The number of rotatable bonds is 2. The fourth-order valence-corrected chi connectivity index (χ4v) is 2.16. The first-order chi connectivity index (χ1) is 7.15. The zero-order valence-corrected chi connectivity index (χ0v) is 9.80. The summed E-state index contributed by atoms with van der Waals surface area (Å²) in [6.07, 6.45) is 1.88. The summed E-state index contributed by atoms with van der Waals surface area (Å²) in [5.41, 5.74) is 0.830. The van der Waals surface area contributed by atoms with Crippen LogP contribution in [0.5, 0.6) is 0 Å². The van der Waals surface area contributed by atoms with Crippen molar-refractivity contribution in [3.05, 3.63) is 33.5 Å². The molecule has 0 spiro atoms. The Kier molecular flexibility index (Phi) is 2.78. The van der Waals surface area contributed by atoms with Crippen LogP contribution in [0.25, 0.3) is 0 Å². The Balaban J connectivity index is 2.57. The molecule has 1 aliphatic rings. The second kappa shape index (κ2) is 3.93. The SMILES string of the molecule is COC(=O)c1c(Br)ccc(F)c1C1CC1. The summed E-state index contributed by atoms with van der Waals surface area (Å²) in [4.78, 5) is 11.5. The van der Waals surface area contributed by atoms with Crippen LogP contribution in [0.2, 0.25) is 0 Å². The Morgan fingerprint density at radius 2 is 2.20 bits per heavy atom. The van der Waals surface area contributed by atoms with Crippen LogP contribution in [0.1, 0.15) is 34.7 Å². The van der Waals surface area contributed by atoms with Gasteiger partial charge in [0, 0.05) is 10.0 Å². The van der Waals surface area contributed by atoms with Gasteiger partial charge in [0.05, 0.1) is 12.7 Å². The Morgan fingerprint density at radius 1 is 1.53 bits per heavy atom. The van der Waals surface area contributed by atoms with E-state index >= 15 is 0 Å². The molecule has 0 aromatic heterocycles. The lowest BCUT2D eigenvalue weighted by atomic mass is 10.0. The van der Waals surface area contributed by atoms with Crippen LogP contribution in [0, 0.1) is 5.82 Å². The number of methoxy groups -OCH3 is 1. The number of ether oxygens (including phenoxy) is 1. The molecule has 1 aromatic rings. The van der Waals surface area contributed by atoms with Gasteiger partial charge in [0.1, 0.15) is 5.82 Å². The summed E-state index contributed by atoms with van der Waals surface area (Å²) < 4.78 is 18.8. The van der Waals surface area contributed by atoms with Crippen molar-refractivity contribution in [1.82, 2.24) is 0 Å². The summed E-state index contributed by atoms with van der Waals surface area (Å²) in [7, 11) is 1.30. The van der Waals surface area contributed by atoms with Crippen LogP contribution < -0.4 is 0 Å². The third kappa shape index (κ3) is 1.91. The Bertz CT molecular complexity index is 413. The third-order valence-electron chi connectivity index (χ3n) is 2.52. The fourth-order valence-electron chi connectivity index (χ4n) is 1.65. The van der Waals surface area contributed by atoms with E-state index in [4.69, 9.17) is 0 Å². The average Bonchev–Trinajstić information content (AvgIpc) is 3.03. The minimum Gasteiger partial charge on any atom is -0.465 e. The van der Waals surface area contributed by atoms with Gasteiger partial charge in [0.15, 0.2) is 0 Å². The molecule has 1 aliphatic carbocycles. The number of benzene rings is 1. The topological polar surface area (TPSA) is 26.3 Å². The van der Waals surface area contributed by atoms with Gasteiger partial charge in [-0.2, -0.15) is 0 Å². The first-order valence-corrected chi connectivity index (χ1v) is 5.50. The number of esters is 1. The molecule has 1 aromatic carbocycles. The minimum atomic E-state index is -0.483. The molecule has 15 heavy (non-hydrogen) atoms. The number of halogens is 2. The van der Waals surface area contributed by atoms with E-state index in [0.717, 1.165) is 12.8 Å². The van der Waals surface area contributed by atoms with Gasteiger partial charge in [-0.1, -0.05) is 0 Å². The van der Waals surface area contributed by atoms with Gasteiger partial charge in [-0.3, -0.25) is 0 Å². The van der Waals surface area contributed by atoms with Crippen LogP contribution in [-0.2, 0) is 4.74 Å². The lowest BCUT2D eigenvalue weighted by Crippen LogP contribution is -2.08. The maximum atomic E-state index is 13.6. The molecule has 2 nitrogen and oxygen atoms in total. The minimum absolute atomic E-state index is 0.177. The van der Waals surface area contributed by atoms with Crippen molar-refractivity contribution < 1.29 is 13.9 Å². The van der Waals surface area contributed by atoms with Gasteiger partial charge in [-0.15, -0.1) is 0 Å². The molecular weight excluding hydrogens is 263 g/mol. The molecule has 0 N–H and O–H groups in total. The molecule has 1 saturated carbocycles. The molecule has 4 heteroatoms. The van der Waals surface area contributed by atoms with E-state index in [2.05, 4.69) is 20.7 Å². The van der Waals surface area contributed by atoms with Gasteiger partial charge < -0.3 is 4.74 Å². The summed E-state index contributed by atoms with van der Waals surface area (Å²) >= 11 is 3.25. The molecule has 0 radical (unpaired) electrons. The van der Waals surface area contributed by atoms with Crippen molar-refractivity contribution in [1.29, 1.82) is 0 Å². The predicted molar refractivity (Wildman–Crippen MR) is 57.4 cm³/mol. The van der Waals surface area contributed by atoms with E-state index < -0.39 is 5.97 Å². The third-order valence-corrected chi connectivity index (χ3v) is 3.18. The monoisotopic (exact) mass is 272 g/mol. The maximum Gasteiger partial charge on any atom is 0.339 e. The van der Waals surface area contributed by atoms with Gasteiger partial charge >= 0.3 is 5.97 Å². The van der Waals surface area contributed by atoms with Crippen LogP contribution in [0.15, 0.2) is 16.6 Å². The molecule has 2 rings (SSSR count). The van der Waals surface area contributed by atoms with E-state index in [9.17, 15) is 9.18 Å². The molecule has 0 aliphatic heterocycles. The van der Waals surface area contributed by atoms with Crippen LogP contribution in [0.3, 0.4) is 0 Å². The zero-order chi connectivity index (χ0) is 11.0. The highest BCUT2D eigenvalue weighted by Gasteiger charge is 2.32. The van der Waals surface area contributed by atoms with E-state index in [1.165, 1.54) is 19.2 Å². The van der Waals surface area contributed by atoms with E-state index in [0.29, 0.717) is 15.6 Å². The maximum absolute atomic E-state index is 13.6. The van der Waals surface area contributed by atoms with Crippen molar-refractivity contribution >= 4 is 21.9 Å². The highest BCUT2D eigenvalue weighted by molar-refractivity contribution is 9.10. The Morgan fingerprint density at radius 3 is 2.73 bits per heavy atom. The highest BCUT2D eigenvalue weighted by Crippen LogP contribution is 2.44. The van der Waals surface area contributed by atoms with Crippen molar-refractivity contribution in [2.75, 3.05) is 7.11 Å². The second-order valence-corrected chi connectivity index (χ2v) is 4.44. The lowest BCUT2D eigenvalue weighted by Gasteiger charge is -2.09. The number of hydrogen-bond donors (Lipinski definition) is 0. The van der Waals surface area contributed by atoms with E-state index in [-0.39, 0.29) is 11.7 Å². The second-order valence-electron chi connectivity index (χ2n) is 3.58. The Hall–Kier alpha value is -0.900. The standard InChI is InChI=1S/C11H10BrFO2/c1-15-11(14)10-7(12)4-5-8(13)9(10)6-2-3-6/h4-6H,2-3H2,1H3. The van der Waals surface area contributed by atoms with Crippen LogP contribution >= 0.6 is 15.9 Å². The highest BCUT2D eigenvalue weighted by atomic mass is 79.9. The predicted octanol–water partition coefficient (Wildman–Crippen LogP) is 3.25. The quantitative estimate of drug-likeness (QED) is 0.773. The molecule has 0 atom stereocenters.